The number of nitrogens with zero attached hydrogens (tertiary/aromatic N) is 3. The zero-order valence-corrected chi connectivity index (χ0v) is 15.8. The molecule has 0 heterocycles. The third-order valence-corrected chi connectivity index (χ3v) is 4.31. The van der Waals surface area contributed by atoms with E-state index in [4.69, 9.17) is 5.10 Å². The summed E-state index contributed by atoms with van der Waals surface area (Å²) in [5.74, 6) is 0.723. The van der Waals surface area contributed by atoms with Crippen molar-refractivity contribution in [2.24, 2.45) is 10.1 Å². The molecular weight excluding hydrogens is 322 g/mol. The Morgan fingerprint density at radius 1 is 0.923 bits per heavy atom. The first-order chi connectivity index (χ1) is 12.7. The summed E-state index contributed by atoms with van der Waals surface area (Å²) in [6, 6.07) is 16.8. The van der Waals surface area contributed by atoms with Crippen molar-refractivity contribution in [2.45, 2.75) is 13.3 Å². The number of fused-ring (bicyclic) bond motifs is 3. The first kappa shape index (κ1) is 18.1. The van der Waals surface area contributed by atoms with Crippen molar-refractivity contribution in [3.05, 3.63) is 59.7 Å². The Hall–Kier alpha value is -2.66. The summed E-state index contributed by atoms with van der Waals surface area (Å²) in [4.78, 5) is 6.79. The van der Waals surface area contributed by atoms with Gasteiger partial charge in [0.2, 0.25) is 5.96 Å². The van der Waals surface area contributed by atoms with Crippen LogP contribution < -0.4 is 10.7 Å². The maximum atomic E-state index is 4.70. The molecule has 0 fully saturated rings. The number of hydrogen-bond donors (Lipinski definition) is 2. The number of nitrogens with one attached hydrogen (secondary N) is 2. The van der Waals surface area contributed by atoms with Gasteiger partial charge in [0.1, 0.15) is 0 Å². The molecule has 0 bridgehead atoms. The molecule has 0 radical (unpaired) electrons. The van der Waals surface area contributed by atoms with Crippen molar-refractivity contribution in [3.63, 3.8) is 0 Å². The highest BCUT2D eigenvalue weighted by molar-refractivity contribution is 6.24. The van der Waals surface area contributed by atoms with E-state index in [1.807, 2.05) is 0 Å². The van der Waals surface area contributed by atoms with Gasteiger partial charge in [-0.2, -0.15) is 5.10 Å². The molecule has 2 aromatic carbocycles. The predicted molar refractivity (Wildman–Crippen MR) is 110 cm³/mol. The van der Waals surface area contributed by atoms with Gasteiger partial charge in [-0.25, -0.2) is 5.43 Å². The smallest absolute Gasteiger partial charge is 0.212 e. The molecule has 5 heteroatoms. The van der Waals surface area contributed by atoms with Gasteiger partial charge in [-0.3, -0.25) is 4.99 Å². The highest BCUT2D eigenvalue weighted by Gasteiger charge is 2.24. The number of benzene rings is 2. The Morgan fingerprint density at radius 2 is 1.50 bits per heavy atom. The molecule has 136 valence electrons. The van der Waals surface area contributed by atoms with Crippen LogP contribution in [0.4, 0.5) is 0 Å². The van der Waals surface area contributed by atoms with Crippen molar-refractivity contribution in [1.29, 1.82) is 0 Å². The van der Waals surface area contributed by atoms with Crippen LogP contribution in [-0.4, -0.2) is 50.3 Å². The van der Waals surface area contributed by atoms with Crippen LogP contribution in [0.5, 0.6) is 0 Å². The van der Waals surface area contributed by atoms with E-state index >= 15 is 0 Å². The van der Waals surface area contributed by atoms with E-state index in [1.165, 1.54) is 11.1 Å². The molecular formula is C21H27N5. The van der Waals surface area contributed by atoms with E-state index < -0.39 is 0 Å². The number of aliphatic imine (C=N–C) groups is 1. The second kappa shape index (κ2) is 8.63. The van der Waals surface area contributed by atoms with Crippen LogP contribution in [0, 0.1) is 0 Å². The molecule has 0 aliphatic heterocycles. The summed E-state index contributed by atoms with van der Waals surface area (Å²) in [6.07, 6.45) is 1.02. The Labute approximate surface area is 155 Å². The van der Waals surface area contributed by atoms with Crippen molar-refractivity contribution < 1.29 is 0 Å². The van der Waals surface area contributed by atoms with Crippen LogP contribution in [0.25, 0.3) is 11.1 Å². The van der Waals surface area contributed by atoms with E-state index in [-0.39, 0.29) is 0 Å². The molecule has 0 unspecified atom stereocenters. The lowest BCUT2D eigenvalue weighted by atomic mass is 10.1. The fourth-order valence-corrected chi connectivity index (χ4v) is 3.10. The third kappa shape index (κ3) is 4.11. The fraction of sp³-hybridized carbons (Fsp3) is 0.333. The van der Waals surface area contributed by atoms with Gasteiger partial charge in [0.25, 0.3) is 0 Å². The van der Waals surface area contributed by atoms with Gasteiger partial charge < -0.3 is 10.2 Å². The standard InChI is InChI=1S/C21H27N5/c1-4-22-21(23-14-9-15-26(2)3)25-24-20-18-12-7-5-10-16(18)17-11-6-8-13-19(17)20/h5-8,10-13H,4,9,14-15H2,1-3H3,(H2,22,23,25). The lowest BCUT2D eigenvalue weighted by molar-refractivity contribution is 0.403. The lowest BCUT2D eigenvalue weighted by Crippen LogP contribution is -2.35. The molecule has 0 aromatic heterocycles. The molecule has 0 amide bonds. The average Bonchev–Trinajstić information content (AvgIpc) is 2.97. The largest absolute Gasteiger partial charge is 0.355 e. The summed E-state index contributed by atoms with van der Waals surface area (Å²) in [7, 11) is 4.16. The normalized spacial score (nSPS) is 12.8. The first-order valence-electron chi connectivity index (χ1n) is 9.16. The van der Waals surface area contributed by atoms with Crippen LogP contribution in [0.3, 0.4) is 0 Å². The van der Waals surface area contributed by atoms with E-state index in [0.29, 0.717) is 0 Å². The zero-order valence-electron chi connectivity index (χ0n) is 15.8. The third-order valence-electron chi connectivity index (χ3n) is 4.31. The van der Waals surface area contributed by atoms with Crippen molar-refractivity contribution in [2.75, 3.05) is 33.7 Å². The minimum atomic E-state index is 0.723. The fourth-order valence-electron chi connectivity index (χ4n) is 3.10. The van der Waals surface area contributed by atoms with Crippen molar-refractivity contribution >= 4 is 11.7 Å². The molecule has 1 aliphatic rings. The lowest BCUT2D eigenvalue weighted by Gasteiger charge is -2.10. The summed E-state index contributed by atoms with van der Waals surface area (Å²) >= 11 is 0. The number of guanidine groups is 1. The summed E-state index contributed by atoms with van der Waals surface area (Å²) in [5, 5.41) is 7.96. The van der Waals surface area contributed by atoms with E-state index in [1.54, 1.807) is 0 Å². The topological polar surface area (TPSA) is 52.0 Å². The van der Waals surface area contributed by atoms with Crippen molar-refractivity contribution in [1.82, 2.24) is 15.6 Å². The second-order valence-electron chi connectivity index (χ2n) is 6.58. The molecule has 5 nitrogen and oxygen atoms in total. The van der Waals surface area contributed by atoms with E-state index in [0.717, 1.165) is 48.9 Å². The van der Waals surface area contributed by atoms with Crippen molar-refractivity contribution in [3.8, 4) is 11.1 Å². The molecule has 0 saturated carbocycles. The van der Waals surface area contributed by atoms with E-state index in [2.05, 4.69) is 90.2 Å². The van der Waals surface area contributed by atoms with Crippen LogP contribution in [0.1, 0.15) is 24.5 Å². The van der Waals surface area contributed by atoms with Gasteiger partial charge in [0, 0.05) is 24.2 Å². The molecule has 0 spiro atoms. The van der Waals surface area contributed by atoms with Gasteiger partial charge >= 0.3 is 0 Å². The average molecular weight is 349 g/mol. The Kier molecular flexibility index (Phi) is 6.02. The van der Waals surface area contributed by atoms with Crippen LogP contribution in [0.2, 0.25) is 0 Å². The monoisotopic (exact) mass is 349 g/mol. The highest BCUT2D eigenvalue weighted by atomic mass is 15.4. The number of rotatable bonds is 6. The van der Waals surface area contributed by atoms with Gasteiger partial charge in [0.05, 0.1) is 5.71 Å². The molecule has 0 saturated heterocycles. The molecule has 0 atom stereocenters. The summed E-state index contributed by atoms with van der Waals surface area (Å²) in [6.45, 7) is 4.66. The van der Waals surface area contributed by atoms with Crippen LogP contribution in [0.15, 0.2) is 58.6 Å². The first-order valence-corrected chi connectivity index (χ1v) is 9.16. The minimum absolute atomic E-state index is 0.723. The maximum absolute atomic E-state index is 4.70. The van der Waals surface area contributed by atoms with Crippen LogP contribution in [-0.2, 0) is 0 Å². The molecule has 2 N–H and O–H groups in total. The quantitative estimate of drug-likeness (QED) is 0.311. The number of hydrogen-bond acceptors (Lipinski definition) is 3. The Morgan fingerprint density at radius 3 is 2.04 bits per heavy atom. The second-order valence-corrected chi connectivity index (χ2v) is 6.58. The SMILES string of the molecule is CCNC(=NCCCN(C)C)NN=C1c2ccccc2-c2ccccc21. The molecule has 2 aromatic rings. The molecule has 1 aliphatic carbocycles. The van der Waals surface area contributed by atoms with E-state index in [9.17, 15) is 0 Å². The molecule has 26 heavy (non-hydrogen) atoms. The van der Waals surface area contributed by atoms with Gasteiger partial charge in [-0.05, 0) is 45.1 Å². The predicted octanol–water partition coefficient (Wildman–Crippen LogP) is 2.93. The number of hydrazone groups is 1. The van der Waals surface area contributed by atoms with Crippen LogP contribution >= 0.6 is 0 Å². The zero-order chi connectivity index (χ0) is 18.4. The van der Waals surface area contributed by atoms with Gasteiger partial charge in [0.15, 0.2) is 0 Å². The summed E-state index contributed by atoms with van der Waals surface area (Å²) < 4.78 is 0. The summed E-state index contributed by atoms with van der Waals surface area (Å²) in [5.41, 5.74) is 8.89. The maximum Gasteiger partial charge on any atom is 0.212 e. The molecule has 3 rings (SSSR count). The Bertz CT molecular complexity index is 760. The van der Waals surface area contributed by atoms with Gasteiger partial charge in [-0.15, -0.1) is 0 Å². The highest BCUT2D eigenvalue weighted by Crippen LogP contribution is 2.36. The van der Waals surface area contributed by atoms with Gasteiger partial charge in [-0.1, -0.05) is 48.5 Å². The minimum Gasteiger partial charge on any atom is -0.355 e. The Balaban J connectivity index is 1.81.